The van der Waals surface area contributed by atoms with Crippen LogP contribution in [-0.4, -0.2) is 12.1 Å². The molecule has 1 aromatic carbocycles. The SMILES string of the molecule is Cc1ccc(OCCC(C)(C)C#N)c(CNC(C)(C)C)c1. The smallest absolute Gasteiger partial charge is 0.123 e. The van der Waals surface area contributed by atoms with Gasteiger partial charge in [-0.1, -0.05) is 17.7 Å². The number of hydrogen-bond donors (Lipinski definition) is 1. The van der Waals surface area contributed by atoms with Crippen molar-refractivity contribution >= 4 is 0 Å². The van der Waals surface area contributed by atoms with Crippen LogP contribution in [0.25, 0.3) is 0 Å². The van der Waals surface area contributed by atoms with Crippen LogP contribution in [-0.2, 0) is 6.54 Å². The molecule has 0 amide bonds. The molecule has 0 saturated carbocycles. The fourth-order valence-corrected chi connectivity index (χ4v) is 1.82. The topological polar surface area (TPSA) is 45.0 Å². The van der Waals surface area contributed by atoms with Crippen molar-refractivity contribution in [1.82, 2.24) is 5.32 Å². The third-order valence-corrected chi connectivity index (χ3v) is 3.31. The first kappa shape index (κ1) is 17.5. The summed E-state index contributed by atoms with van der Waals surface area (Å²) in [6.07, 6.45) is 0.726. The Morgan fingerprint density at radius 2 is 1.86 bits per heavy atom. The van der Waals surface area contributed by atoms with E-state index in [1.54, 1.807) is 0 Å². The van der Waals surface area contributed by atoms with E-state index < -0.39 is 0 Å². The maximum atomic E-state index is 9.04. The zero-order valence-electron chi connectivity index (χ0n) is 14.2. The molecule has 0 aromatic heterocycles. The molecular formula is C18H28N2O. The second-order valence-corrected chi connectivity index (χ2v) is 7.31. The van der Waals surface area contributed by atoms with Gasteiger partial charge >= 0.3 is 0 Å². The maximum Gasteiger partial charge on any atom is 0.123 e. The van der Waals surface area contributed by atoms with Crippen LogP contribution in [0.5, 0.6) is 5.75 Å². The largest absolute Gasteiger partial charge is 0.493 e. The fraction of sp³-hybridized carbons (Fsp3) is 0.611. The molecule has 0 spiro atoms. The maximum absolute atomic E-state index is 9.04. The van der Waals surface area contributed by atoms with Crippen molar-refractivity contribution in [2.24, 2.45) is 5.41 Å². The Morgan fingerprint density at radius 1 is 1.19 bits per heavy atom. The van der Waals surface area contributed by atoms with Gasteiger partial charge in [-0.15, -0.1) is 0 Å². The van der Waals surface area contributed by atoms with Gasteiger partial charge in [0.15, 0.2) is 0 Å². The predicted molar refractivity (Wildman–Crippen MR) is 87.3 cm³/mol. The molecule has 0 aliphatic heterocycles. The Balaban J connectivity index is 2.71. The molecule has 1 N–H and O–H groups in total. The Bertz CT molecular complexity index is 507. The summed E-state index contributed by atoms with van der Waals surface area (Å²) in [5.74, 6) is 0.908. The molecule has 0 heterocycles. The number of benzene rings is 1. The van der Waals surface area contributed by atoms with Crippen LogP contribution in [0.15, 0.2) is 18.2 Å². The van der Waals surface area contributed by atoms with E-state index in [-0.39, 0.29) is 11.0 Å². The first-order valence-corrected chi connectivity index (χ1v) is 7.52. The van der Waals surface area contributed by atoms with Crippen molar-refractivity contribution < 1.29 is 4.74 Å². The third kappa shape index (κ3) is 6.64. The van der Waals surface area contributed by atoms with Crippen LogP contribution in [0, 0.1) is 23.7 Å². The van der Waals surface area contributed by atoms with Gasteiger partial charge in [0.05, 0.1) is 18.1 Å². The van der Waals surface area contributed by atoms with Gasteiger partial charge in [-0.25, -0.2) is 0 Å². The van der Waals surface area contributed by atoms with Crippen LogP contribution in [0.1, 0.15) is 52.2 Å². The van der Waals surface area contributed by atoms with E-state index >= 15 is 0 Å². The van der Waals surface area contributed by atoms with E-state index in [0.29, 0.717) is 6.61 Å². The fourth-order valence-electron chi connectivity index (χ4n) is 1.82. The number of nitriles is 1. The summed E-state index contributed by atoms with van der Waals surface area (Å²) in [5, 5.41) is 12.5. The summed E-state index contributed by atoms with van der Waals surface area (Å²) >= 11 is 0. The minimum absolute atomic E-state index is 0.0732. The highest BCUT2D eigenvalue weighted by molar-refractivity contribution is 5.37. The van der Waals surface area contributed by atoms with Crippen LogP contribution in [0.4, 0.5) is 0 Å². The first-order chi connectivity index (χ1) is 9.63. The van der Waals surface area contributed by atoms with Crippen LogP contribution < -0.4 is 10.1 Å². The molecule has 0 aliphatic carbocycles. The number of aryl methyl sites for hydroxylation is 1. The van der Waals surface area contributed by atoms with Crippen molar-refractivity contribution in [1.29, 1.82) is 5.26 Å². The highest BCUT2D eigenvalue weighted by Crippen LogP contribution is 2.23. The summed E-state index contributed by atoms with van der Waals surface area (Å²) < 4.78 is 5.90. The Morgan fingerprint density at radius 3 is 2.43 bits per heavy atom. The zero-order chi connectivity index (χ0) is 16.1. The van der Waals surface area contributed by atoms with E-state index in [4.69, 9.17) is 10.00 Å². The first-order valence-electron chi connectivity index (χ1n) is 7.52. The van der Waals surface area contributed by atoms with Crippen molar-refractivity contribution in [2.45, 2.75) is 60.0 Å². The summed E-state index contributed by atoms with van der Waals surface area (Å²) in [5.41, 5.74) is 2.13. The lowest BCUT2D eigenvalue weighted by atomic mass is 9.92. The minimum atomic E-state index is -0.339. The van der Waals surface area contributed by atoms with E-state index in [2.05, 4.69) is 51.2 Å². The molecule has 21 heavy (non-hydrogen) atoms. The van der Waals surface area contributed by atoms with Gasteiger partial charge in [-0.05, 0) is 54.0 Å². The van der Waals surface area contributed by atoms with Crippen molar-refractivity contribution in [2.75, 3.05) is 6.61 Å². The van der Waals surface area contributed by atoms with E-state index in [9.17, 15) is 0 Å². The van der Waals surface area contributed by atoms with E-state index in [0.717, 1.165) is 18.7 Å². The number of ether oxygens (including phenoxy) is 1. The third-order valence-electron chi connectivity index (χ3n) is 3.31. The van der Waals surface area contributed by atoms with Crippen molar-refractivity contribution in [3.63, 3.8) is 0 Å². The highest BCUT2D eigenvalue weighted by atomic mass is 16.5. The Hall–Kier alpha value is -1.53. The van der Waals surface area contributed by atoms with Crippen LogP contribution in [0.3, 0.4) is 0 Å². The molecule has 0 fully saturated rings. The molecule has 1 aromatic rings. The van der Waals surface area contributed by atoms with Gasteiger partial charge in [-0.3, -0.25) is 0 Å². The molecule has 1 rings (SSSR count). The molecule has 0 atom stereocenters. The summed E-state index contributed by atoms with van der Waals surface area (Å²) in [7, 11) is 0. The zero-order valence-corrected chi connectivity index (χ0v) is 14.2. The number of rotatable bonds is 6. The van der Waals surface area contributed by atoms with Crippen molar-refractivity contribution in [3.8, 4) is 11.8 Å². The predicted octanol–water partition coefficient (Wildman–Crippen LogP) is 4.20. The number of hydrogen-bond acceptors (Lipinski definition) is 3. The number of nitrogens with one attached hydrogen (secondary N) is 1. The molecule has 3 heteroatoms. The molecule has 0 radical (unpaired) electrons. The molecule has 0 bridgehead atoms. The standard InChI is InChI=1S/C18H28N2O/c1-14-7-8-16(21-10-9-18(5,6)13-19)15(11-14)12-20-17(2,3)4/h7-8,11,20H,9-10,12H2,1-6H3. The molecule has 3 nitrogen and oxygen atoms in total. The van der Waals surface area contributed by atoms with E-state index in [1.807, 2.05) is 19.9 Å². The Labute approximate surface area is 129 Å². The van der Waals surface area contributed by atoms with Gasteiger partial charge in [0, 0.05) is 17.6 Å². The monoisotopic (exact) mass is 288 g/mol. The van der Waals surface area contributed by atoms with Crippen molar-refractivity contribution in [3.05, 3.63) is 29.3 Å². The van der Waals surface area contributed by atoms with Crippen LogP contribution >= 0.6 is 0 Å². The quantitative estimate of drug-likeness (QED) is 0.853. The Kier molecular flexibility index (Phi) is 5.80. The van der Waals surface area contributed by atoms with Gasteiger partial charge in [-0.2, -0.15) is 5.26 Å². The normalized spacial score (nSPS) is 12.0. The van der Waals surface area contributed by atoms with Gasteiger partial charge in [0.25, 0.3) is 0 Å². The van der Waals surface area contributed by atoms with Crippen LogP contribution in [0.2, 0.25) is 0 Å². The minimum Gasteiger partial charge on any atom is -0.493 e. The lowest BCUT2D eigenvalue weighted by Crippen LogP contribution is -2.35. The highest BCUT2D eigenvalue weighted by Gasteiger charge is 2.17. The second kappa shape index (κ2) is 6.95. The lowest BCUT2D eigenvalue weighted by Gasteiger charge is -2.22. The molecule has 116 valence electrons. The lowest BCUT2D eigenvalue weighted by molar-refractivity contribution is 0.261. The average Bonchev–Trinajstić information content (AvgIpc) is 2.37. The molecule has 0 unspecified atom stereocenters. The molecular weight excluding hydrogens is 260 g/mol. The van der Waals surface area contributed by atoms with Gasteiger partial charge in [0.2, 0.25) is 0 Å². The number of nitrogens with zero attached hydrogens (tertiary/aromatic N) is 1. The van der Waals surface area contributed by atoms with Gasteiger partial charge < -0.3 is 10.1 Å². The molecule has 0 saturated heterocycles. The average molecular weight is 288 g/mol. The summed E-state index contributed by atoms with van der Waals surface area (Å²) in [4.78, 5) is 0. The van der Waals surface area contributed by atoms with E-state index in [1.165, 1.54) is 11.1 Å². The van der Waals surface area contributed by atoms with Gasteiger partial charge in [0.1, 0.15) is 5.75 Å². The summed E-state index contributed by atoms with van der Waals surface area (Å²) in [6.45, 7) is 13.8. The second-order valence-electron chi connectivity index (χ2n) is 7.31. The molecule has 0 aliphatic rings. The summed E-state index contributed by atoms with van der Waals surface area (Å²) in [6, 6.07) is 8.54.